The minimum Gasteiger partial charge on any atom is -0.482 e. The number of hydrogen-bond acceptors (Lipinski definition) is 5. The number of hydrogen-bond donors (Lipinski definition) is 0. The number of ether oxygens (including phenoxy) is 1. The molecule has 1 aliphatic rings. The van der Waals surface area contributed by atoms with Crippen LogP contribution in [0.4, 0.5) is 0 Å². The van der Waals surface area contributed by atoms with Crippen molar-refractivity contribution in [2.45, 2.75) is 11.3 Å². The number of sulfonamides is 1. The van der Waals surface area contributed by atoms with Crippen LogP contribution in [0.5, 0.6) is 5.75 Å². The highest BCUT2D eigenvalue weighted by Crippen LogP contribution is 2.27. The van der Waals surface area contributed by atoms with Crippen molar-refractivity contribution in [1.29, 1.82) is 0 Å². The van der Waals surface area contributed by atoms with E-state index in [-0.39, 0.29) is 30.5 Å². The molecule has 1 aromatic carbocycles. The molecular weight excluding hydrogens is 427 g/mol. The van der Waals surface area contributed by atoms with Crippen molar-refractivity contribution in [2.24, 2.45) is 7.05 Å². The quantitative estimate of drug-likeness (QED) is 0.701. The number of carbonyl (C=O) groups is 1. The zero-order valence-electron chi connectivity index (χ0n) is 15.2. The number of benzene rings is 1. The first-order valence-electron chi connectivity index (χ1n) is 8.62. The second kappa shape index (κ2) is 8.69. The third-order valence-corrected chi connectivity index (χ3v) is 6.75. The SMILES string of the molecule is Cn1cc(S(=O)(=O)N2CCCN(C(=O)COc3ccc(Cl)cc3Cl)CC2)cn1. The maximum Gasteiger partial charge on any atom is 0.260 e. The van der Waals surface area contributed by atoms with E-state index < -0.39 is 10.0 Å². The number of halogens is 2. The highest BCUT2D eigenvalue weighted by Gasteiger charge is 2.29. The van der Waals surface area contributed by atoms with Crippen molar-refractivity contribution in [1.82, 2.24) is 19.0 Å². The number of rotatable bonds is 5. The molecule has 3 rings (SSSR count). The number of carbonyl (C=O) groups excluding carboxylic acids is 1. The number of aromatic nitrogens is 2. The molecule has 0 N–H and O–H groups in total. The van der Waals surface area contributed by atoms with Crippen molar-refractivity contribution in [3.05, 3.63) is 40.6 Å². The molecule has 1 aromatic heterocycles. The molecule has 8 nitrogen and oxygen atoms in total. The minimum absolute atomic E-state index is 0.149. The van der Waals surface area contributed by atoms with Crippen molar-refractivity contribution in [3.8, 4) is 5.75 Å². The van der Waals surface area contributed by atoms with Crippen LogP contribution in [0.3, 0.4) is 0 Å². The Morgan fingerprint density at radius 2 is 2.00 bits per heavy atom. The largest absolute Gasteiger partial charge is 0.482 e. The van der Waals surface area contributed by atoms with E-state index in [0.29, 0.717) is 35.3 Å². The van der Waals surface area contributed by atoms with E-state index in [4.69, 9.17) is 27.9 Å². The van der Waals surface area contributed by atoms with E-state index in [9.17, 15) is 13.2 Å². The van der Waals surface area contributed by atoms with Gasteiger partial charge in [-0.15, -0.1) is 0 Å². The Morgan fingerprint density at radius 1 is 1.21 bits per heavy atom. The van der Waals surface area contributed by atoms with E-state index in [2.05, 4.69) is 5.10 Å². The summed E-state index contributed by atoms with van der Waals surface area (Å²) < 4.78 is 33.8. The van der Waals surface area contributed by atoms with Gasteiger partial charge >= 0.3 is 0 Å². The van der Waals surface area contributed by atoms with Crippen LogP contribution >= 0.6 is 23.2 Å². The summed E-state index contributed by atoms with van der Waals surface area (Å²) in [6.45, 7) is 1.11. The Labute approximate surface area is 173 Å². The predicted molar refractivity (Wildman–Crippen MR) is 105 cm³/mol. The summed E-state index contributed by atoms with van der Waals surface area (Å²) in [5, 5.41) is 4.72. The molecule has 1 fully saturated rings. The summed E-state index contributed by atoms with van der Waals surface area (Å²) in [4.78, 5) is 14.2. The van der Waals surface area contributed by atoms with Gasteiger partial charge in [0.05, 0.1) is 11.2 Å². The zero-order chi connectivity index (χ0) is 20.3. The van der Waals surface area contributed by atoms with Crippen LogP contribution in [0.2, 0.25) is 10.0 Å². The molecule has 1 amide bonds. The Balaban J connectivity index is 1.59. The van der Waals surface area contributed by atoms with E-state index in [1.807, 2.05) is 0 Å². The summed E-state index contributed by atoms with van der Waals surface area (Å²) in [6, 6.07) is 4.76. The number of aryl methyl sites for hydroxylation is 1. The van der Waals surface area contributed by atoms with Gasteiger partial charge in [-0.2, -0.15) is 9.40 Å². The van der Waals surface area contributed by atoms with Crippen LogP contribution in [-0.2, 0) is 21.9 Å². The second-order valence-electron chi connectivity index (χ2n) is 6.35. The molecule has 11 heteroatoms. The van der Waals surface area contributed by atoms with Gasteiger partial charge in [-0.1, -0.05) is 23.2 Å². The first-order chi connectivity index (χ1) is 13.3. The van der Waals surface area contributed by atoms with Gasteiger partial charge in [-0.25, -0.2) is 8.42 Å². The fourth-order valence-electron chi connectivity index (χ4n) is 2.89. The lowest BCUT2D eigenvalue weighted by Crippen LogP contribution is -2.39. The van der Waals surface area contributed by atoms with E-state index >= 15 is 0 Å². The first-order valence-corrected chi connectivity index (χ1v) is 10.8. The lowest BCUT2D eigenvalue weighted by molar-refractivity contribution is -0.133. The van der Waals surface area contributed by atoms with Crippen molar-refractivity contribution >= 4 is 39.1 Å². The third kappa shape index (κ3) is 4.78. The van der Waals surface area contributed by atoms with Gasteiger partial charge in [0.1, 0.15) is 10.6 Å². The monoisotopic (exact) mass is 446 g/mol. The molecule has 1 saturated heterocycles. The van der Waals surface area contributed by atoms with Gasteiger partial charge in [0.25, 0.3) is 5.91 Å². The van der Waals surface area contributed by atoms with Crippen molar-refractivity contribution in [2.75, 3.05) is 32.8 Å². The van der Waals surface area contributed by atoms with Crippen LogP contribution in [0, 0.1) is 0 Å². The summed E-state index contributed by atoms with van der Waals surface area (Å²) in [6.07, 6.45) is 3.33. The lowest BCUT2D eigenvalue weighted by atomic mass is 10.3. The normalized spacial score (nSPS) is 16.0. The van der Waals surface area contributed by atoms with E-state index in [0.717, 1.165) is 0 Å². The smallest absolute Gasteiger partial charge is 0.260 e. The highest BCUT2D eigenvalue weighted by molar-refractivity contribution is 7.89. The molecule has 0 atom stereocenters. The van der Waals surface area contributed by atoms with Crippen molar-refractivity contribution in [3.63, 3.8) is 0 Å². The topological polar surface area (TPSA) is 84.7 Å². The maximum atomic E-state index is 12.7. The molecule has 2 heterocycles. The highest BCUT2D eigenvalue weighted by atomic mass is 35.5. The maximum absolute atomic E-state index is 12.7. The molecule has 0 saturated carbocycles. The molecule has 0 aliphatic carbocycles. The Hall–Kier alpha value is -1.81. The minimum atomic E-state index is -3.63. The second-order valence-corrected chi connectivity index (χ2v) is 9.13. The summed E-state index contributed by atoms with van der Waals surface area (Å²) >= 11 is 11.9. The summed E-state index contributed by atoms with van der Waals surface area (Å²) in [7, 11) is -1.97. The van der Waals surface area contributed by atoms with Crippen LogP contribution in [0.25, 0.3) is 0 Å². The van der Waals surface area contributed by atoms with Crippen LogP contribution in [0.15, 0.2) is 35.5 Å². The molecule has 1 aliphatic heterocycles. The van der Waals surface area contributed by atoms with Gasteiger partial charge in [0, 0.05) is 44.4 Å². The first kappa shape index (κ1) is 20.9. The van der Waals surface area contributed by atoms with E-state index in [1.165, 1.54) is 27.4 Å². The lowest BCUT2D eigenvalue weighted by Gasteiger charge is -2.21. The molecule has 2 aromatic rings. The fourth-order valence-corrected chi connectivity index (χ4v) is 4.81. The average molecular weight is 447 g/mol. The molecule has 0 bridgehead atoms. The van der Waals surface area contributed by atoms with Gasteiger partial charge in [0.15, 0.2) is 6.61 Å². The van der Waals surface area contributed by atoms with Crippen LogP contribution < -0.4 is 4.74 Å². The van der Waals surface area contributed by atoms with Crippen molar-refractivity contribution < 1.29 is 17.9 Å². The average Bonchev–Trinajstić information content (AvgIpc) is 2.93. The number of amides is 1. The molecule has 0 unspecified atom stereocenters. The van der Waals surface area contributed by atoms with E-state index in [1.54, 1.807) is 24.1 Å². The predicted octanol–water partition coefficient (Wildman–Crippen LogP) is 2.03. The summed E-state index contributed by atoms with van der Waals surface area (Å²) in [5.74, 6) is 0.140. The molecule has 0 spiro atoms. The number of nitrogens with zero attached hydrogens (tertiary/aromatic N) is 4. The summed E-state index contributed by atoms with van der Waals surface area (Å²) in [5.41, 5.74) is 0. The molecule has 152 valence electrons. The third-order valence-electron chi connectivity index (χ3n) is 4.37. The molecular formula is C17H20Cl2N4O4S. The van der Waals surface area contributed by atoms with Gasteiger partial charge < -0.3 is 9.64 Å². The zero-order valence-corrected chi connectivity index (χ0v) is 17.5. The van der Waals surface area contributed by atoms with Crippen LogP contribution in [0.1, 0.15) is 6.42 Å². The van der Waals surface area contributed by atoms with Gasteiger partial charge in [-0.3, -0.25) is 9.48 Å². The Morgan fingerprint density at radius 3 is 2.68 bits per heavy atom. The van der Waals surface area contributed by atoms with Gasteiger partial charge in [-0.05, 0) is 24.6 Å². The standard InChI is InChI=1S/C17H20Cl2N4O4S/c1-21-11-14(10-20-21)28(25,26)23-6-2-5-22(7-8-23)17(24)12-27-16-4-3-13(18)9-15(16)19/h3-4,9-11H,2,5-8,12H2,1H3. The molecule has 28 heavy (non-hydrogen) atoms. The fraction of sp³-hybridized carbons (Fsp3) is 0.412. The molecule has 0 radical (unpaired) electrons. The Bertz CT molecular complexity index is 964. The van der Waals surface area contributed by atoms with Crippen LogP contribution in [-0.4, -0.2) is 66.1 Å². The van der Waals surface area contributed by atoms with Gasteiger partial charge in [0.2, 0.25) is 10.0 Å². The Kier molecular flexibility index (Phi) is 6.49.